The first-order valence-electron chi connectivity index (χ1n) is 8.01. The van der Waals surface area contributed by atoms with E-state index >= 15 is 0 Å². The molecule has 3 nitrogen and oxygen atoms in total. The number of aryl methyl sites for hydroxylation is 1. The van der Waals surface area contributed by atoms with Crippen molar-refractivity contribution in [3.8, 4) is 0 Å². The van der Waals surface area contributed by atoms with E-state index in [2.05, 4.69) is 28.6 Å². The number of benzene rings is 1. The maximum atomic E-state index is 11.9. The highest BCUT2D eigenvalue weighted by molar-refractivity contribution is 7.10. The predicted octanol–water partition coefficient (Wildman–Crippen LogP) is 3.24. The number of nitrogens with zero attached hydrogens (tertiary/aromatic N) is 1. The zero-order chi connectivity index (χ0) is 16.1. The van der Waals surface area contributed by atoms with Gasteiger partial charge in [0.15, 0.2) is 0 Å². The molecule has 0 radical (unpaired) electrons. The van der Waals surface area contributed by atoms with Gasteiger partial charge in [0.2, 0.25) is 5.91 Å². The Morgan fingerprint density at radius 3 is 2.96 bits per heavy atom. The van der Waals surface area contributed by atoms with Crippen LogP contribution in [-0.4, -0.2) is 30.4 Å². The summed E-state index contributed by atoms with van der Waals surface area (Å²) in [6.07, 6.45) is 4.60. The molecule has 0 saturated carbocycles. The van der Waals surface area contributed by atoms with E-state index in [1.54, 1.807) is 6.08 Å². The molecule has 120 valence electrons. The van der Waals surface area contributed by atoms with E-state index in [-0.39, 0.29) is 5.91 Å². The van der Waals surface area contributed by atoms with Crippen LogP contribution in [0.15, 0.2) is 41.8 Å². The van der Waals surface area contributed by atoms with Gasteiger partial charge in [-0.3, -0.25) is 9.69 Å². The zero-order valence-corrected chi connectivity index (χ0v) is 14.2. The molecule has 3 rings (SSSR count). The molecule has 0 bridgehead atoms. The van der Waals surface area contributed by atoms with Crippen LogP contribution in [0.4, 0.5) is 0 Å². The van der Waals surface area contributed by atoms with Crippen LogP contribution in [0.1, 0.15) is 21.6 Å². The summed E-state index contributed by atoms with van der Waals surface area (Å²) in [5, 5.41) is 5.14. The van der Waals surface area contributed by atoms with Gasteiger partial charge in [0.25, 0.3) is 0 Å². The molecule has 0 spiro atoms. The topological polar surface area (TPSA) is 32.3 Å². The number of thiophene rings is 1. The number of carbonyl (C=O) groups is 1. The number of nitrogens with one attached hydrogen (secondary N) is 1. The van der Waals surface area contributed by atoms with Crippen molar-refractivity contribution in [2.75, 3.05) is 19.6 Å². The Kier molecular flexibility index (Phi) is 5.26. The van der Waals surface area contributed by atoms with E-state index in [1.807, 2.05) is 41.7 Å². The lowest BCUT2D eigenvalue weighted by Gasteiger charge is -2.26. The second-order valence-electron chi connectivity index (χ2n) is 5.93. The zero-order valence-electron chi connectivity index (χ0n) is 13.4. The van der Waals surface area contributed by atoms with E-state index in [1.165, 1.54) is 16.0 Å². The maximum Gasteiger partial charge on any atom is 0.244 e. The third-order valence-electron chi connectivity index (χ3n) is 4.12. The molecular formula is C19H22N2OS. The summed E-state index contributed by atoms with van der Waals surface area (Å²) < 4.78 is 0. The highest BCUT2D eigenvalue weighted by atomic mass is 32.1. The van der Waals surface area contributed by atoms with Crippen LogP contribution in [0.25, 0.3) is 6.08 Å². The largest absolute Gasteiger partial charge is 0.351 e. The predicted molar refractivity (Wildman–Crippen MR) is 96.5 cm³/mol. The second kappa shape index (κ2) is 7.57. The van der Waals surface area contributed by atoms with Gasteiger partial charge in [0, 0.05) is 37.1 Å². The van der Waals surface area contributed by atoms with Gasteiger partial charge in [0.1, 0.15) is 0 Å². The molecule has 4 heteroatoms. The van der Waals surface area contributed by atoms with Crippen molar-refractivity contribution in [1.29, 1.82) is 0 Å². The van der Waals surface area contributed by atoms with Gasteiger partial charge in [-0.15, -0.1) is 11.3 Å². The minimum Gasteiger partial charge on any atom is -0.351 e. The Morgan fingerprint density at radius 2 is 2.13 bits per heavy atom. The van der Waals surface area contributed by atoms with E-state index in [4.69, 9.17) is 0 Å². The number of hydrogen-bond donors (Lipinski definition) is 1. The summed E-state index contributed by atoms with van der Waals surface area (Å²) in [7, 11) is 0. The summed E-state index contributed by atoms with van der Waals surface area (Å²) >= 11 is 1.86. The average Bonchev–Trinajstić information content (AvgIpc) is 3.02. The molecule has 0 atom stereocenters. The maximum absolute atomic E-state index is 11.9. The first kappa shape index (κ1) is 16.0. The smallest absolute Gasteiger partial charge is 0.244 e. The molecule has 2 aromatic rings. The van der Waals surface area contributed by atoms with Crippen LogP contribution in [0, 0.1) is 6.92 Å². The summed E-state index contributed by atoms with van der Waals surface area (Å²) in [5.74, 6) is -0.0289. The number of amides is 1. The molecule has 1 N–H and O–H groups in total. The van der Waals surface area contributed by atoms with Gasteiger partial charge in [-0.1, -0.05) is 29.8 Å². The number of fused-ring (bicyclic) bond motifs is 1. The van der Waals surface area contributed by atoms with Crippen molar-refractivity contribution in [3.05, 3.63) is 63.4 Å². The summed E-state index contributed by atoms with van der Waals surface area (Å²) in [6, 6.07) is 10.4. The van der Waals surface area contributed by atoms with Crippen LogP contribution in [0.5, 0.6) is 0 Å². The number of rotatable bonds is 5. The minimum atomic E-state index is -0.0289. The third-order valence-corrected chi connectivity index (χ3v) is 5.14. The van der Waals surface area contributed by atoms with Crippen molar-refractivity contribution in [3.63, 3.8) is 0 Å². The van der Waals surface area contributed by atoms with Crippen LogP contribution in [-0.2, 0) is 17.8 Å². The lowest BCUT2D eigenvalue weighted by Crippen LogP contribution is -2.37. The van der Waals surface area contributed by atoms with Crippen LogP contribution in [0.3, 0.4) is 0 Å². The Morgan fingerprint density at radius 1 is 1.30 bits per heavy atom. The quantitative estimate of drug-likeness (QED) is 0.856. The lowest BCUT2D eigenvalue weighted by molar-refractivity contribution is -0.116. The molecular weight excluding hydrogens is 304 g/mol. The molecule has 0 saturated heterocycles. The Bertz CT molecular complexity index is 688. The van der Waals surface area contributed by atoms with Gasteiger partial charge >= 0.3 is 0 Å². The molecule has 0 fully saturated rings. The molecule has 1 aromatic carbocycles. The fourth-order valence-electron chi connectivity index (χ4n) is 2.74. The Labute approximate surface area is 141 Å². The first-order chi connectivity index (χ1) is 11.2. The number of hydrogen-bond acceptors (Lipinski definition) is 3. The Balaban J connectivity index is 1.40. The standard InChI is InChI=1S/C19H22N2OS/c1-15-2-4-16(5-3-15)6-7-19(22)20-10-12-21-11-8-18-17(14-21)9-13-23-18/h2-7,9,13H,8,10-12,14H2,1H3,(H,20,22). The van der Waals surface area contributed by atoms with Crippen molar-refractivity contribution in [1.82, 2.24) is 10.2 Å². The second-order valence-corrected chi connectivity index (χ2v) is 6.93. The molecule has 1 aliphatic heterocycles. The van der Waals surface area contributed by atoms with Crippen LogP contribution in [0.2, 0.25) is 0 Å². The van der Waals surface area contributed by atoms with Crippen LogP contribution >= 0.6 is 11.3 Å². The molecule has 0 aliphatic carbocycles. The summed E-state index contributed by atoms with van der Waals surface area (Å²) in [6.45, 7) is 5.74. The molecule has 1 amide bonds. The van der Waals surface area contributed by atoms with E-state index in [0.717, 1.165) is 31.6 Å². The lowest BCUT2D eigenvalue weighted by atomic mass is 10.1. The molecule has 0 unspecified atom stereocenters. The van der Waals surface area contributed by atoms with E-state index in [0.29, 0.717) is 6.54 Å². The van der Waals surface area contributed by atoms with Gasteiger partial charge in [-0.2, -0.15) is 0 Å². The molecule has 23 heavy (non-hydrogen) atoms. The van der Waals surface area contributed by atoms with E-state index < -0.39 is 0 Å². The SMILES string of the molecule is Cc1ccc(C=CC(=O)NCCN2CCc3sccc3C2)cc1. The van der Waals surface area contributed by atoms with Crippen molar-refractivity contribution in [2.24, 2.45) is 0 Å². The molecule has 1 aromatic heterocycles. The van der Waals surface area contributed by atoms with Gasteiger partial charge in [-0.25, -0.2) is 0 Å². The summed E-state index contributed by atoms with van der Waals surface area (Å²) in [4.78, 5) is 15.8. The van der Waals surface area contributed by atoms with Crippen molar-refractivity contribution < 1.29 is 4.79 Å². The van der Waals surface area contributed by atoms with Gasteiger partial charge in [0.05, 0.1) is 0 Å². The average molecular weight is 326 g/mol. The fraction of sp³-hybridized carbons (Fsp3) is 0.316. The third kappa shape index (κ3) is 4.53. The normalized spacial score (nSPS) is 14.8. The van der Waals surface area contributed by atoms with Crippen molar-refractivity contribution >= 4 is 23.3 Å². The highest BCUT2D eigenvalue weighted by Crippen LogP contribution is 2.23. The monoisotopic (exact) mass is 326 g/mol. The first-order valence-corrected chi connectivity index (χ1v) is 8.89. The highest BCUT2D eigenvalue weighted by Gasteiger charge is 2.16. The van der Waals surface area contributed by atoms with E-state index in [9.17, 15) is 4.79 Å². The Hall–Kier alpha value is -1.91. The van der Waals surface area contributed by atoms with Crippen LogP contribution < -0.4 is 5.32 Å². The molecule has 2 heterocycles. The summed E-state index contributed by atoms with van der Waals surface area (Å²) in [5.41, 5.74) is 3.72. The fourth-order valence-corrected chi connectivity index (χ4v) is 3.63. The van der Waals surface area contributed by atoms with Gasteiger partial charge in [-0.05, 0) is 42.0 Å². The minimum absolute atomic E-state index is 0.0289. The number of carbonyl (C=O) groups excluding carboxylic acids is 1. The van der Waals surface area contributed by atoms with Crippen molar-refractivity contribution in [2.45, 2.75) is 19.9 Å². The molecule has 1 aliphatic rings. The van der Waals surface area contributed by atoms with Gasteiger partial charge < -0.3 is 5.32 Å².